The predicted molar refractivity (Wildman–Crippen MR) is 57.1 cm³/mol. The molecule has 0 aliphatic rings. The smallest absolute Gasteiger partial charge is 0.266 e. The van der Waals surface area contributed by atoms with Gasteiger partial charge < -0.3 is 4.98 Å². The highest BCUT2D eigenvalue weighted by molar-refractivity contribution is 5.59. The number of H-pyrrole nitrogens is 1. The van der Waals surface area contributed by atoms with Crippen LogP contribution in [-0.2, 0) is 0 Å². The monoisotopic (exact) mass is 232 g/mol. The van der Waals surface area contributed by atoms with Crippen molar-refractivity contribution < 1.29 is 8.78 Å². The maximum absolute atomic E-state index is 13.0. The lowest BCUT2D eigenvalue weighted by atomic mass is 10.1. The SMILES string of the molecule is N#Cc1ccc(-c2ccc(F)c(F)c2)[nH]c1=O. The van der Waals surface area contributed by atoms with E-state index in [-0.39, 0.29) is 5.56 Å². The summed E-state index contributed by atoms with van der Waals surface area (Å²) >= 11 is 0. The lowest BCUT2D eigenvalue weighted by molar-refractivity contribution is 0.509. The van der Waals surface area contributed by atoms with Crippen molar-refractivity contribution in [2.75, 3.05) is 0 Å². The van der Waals surface area contributed by atoms with E-state index in [4.69, 9.17) is 5.26 Å². The third-order valence-electron chi connectivity index (χ3n) is 2.26. The molecule has 0 radical (unpaired) electrons. The molecule has 2 rings (SSSR count). The van der Waals surface area contributed by atoms with E-state index in [1.807, 2.05) is 0 Å². The van der Waals surface area contributed by atoms with Gasteiger partial charge in [0.15, 0.2) is 11.6 Å². The molecule has 1 heterocycles. The maximum atomic E-state index is 13.0. The van der Waals surface area contributed by atoms with E-state index in [1.165, 1.54) is 18.2 Å². The van der Waals surface area contributed by atoms with Crippen molar-refractivity contribution in [3.63, 3.8) is 0 Å². The van der Waals surface area contributed by atoms with Gasteiger partial charge in [-0.05, 0) is 30.3 Å². The Kier molecular flexibility index (Phi) is 2.71. The van der Waals surface area contributed by atoms with Crippen LogP contribution in [0.1, 0.15) is 5.56 Å². The van der Waals surface area contributed by atoms with Crippen molar-refractivity contribution in [3.8, 4) is 17.3 Å². The van der Waals surface area contributed by atoms with Crippen LogP contribution in [0.3, 0.4) is 0 Å². The van der Waals surface area contributed by atoms with Gasteiger partial charge in [-0.2, -0.15) is 5.26 Å². The number of hydrogen-bond acceptors (Lipinski definition) is 2. The molecule has 0 bridgehead atoms. The molecule has 1 aromatic heterocycles. The van der Waals surface area contributed by atoms with Crippen molar-refractivity contribution in [2.24, 2.45) is 0 Å². The maximum Gasteiger partial charge on any atom is 0.266 e. The van der Waals surface area contributed by atoms with E-state index < -0.39 is 17.2 Å². The average molecular weight is 232 g/mol. The van der Waals surface area contributed by atoms with Crippen LogP contribution in [0.15, 0.2) is 35.1 Å². The van der Waals surface area contributed by atoms with Gasteiger partial charge in [0.25, 0.3) is 5.56 Å². The van der Waals surface area contributed by atoms with Gasteiger partial charge in [0.05, 0.1) is 0 Å². The Bertz CT molecular complexity index is 671. The van der Waals surface area contributed by atoms with Crippen LogP contribution >= 0.6 is 0 Å². The van der Waals surface area contributed by atoms with E-state index in [0.29, 0.717) is 11.3 Å². The molecular weight excluding hydrogens is 226 g/mol. The molecule has 0 saturated carbocycles. The molecule has 0 spiro atoms. The van der Waals surface area contributed by atoms with Gasteiger partial charge in [0.1, 0.15) is 11.6 Å². The van der Waals surface area contributed by atoms with Gasteiger partial charge in [-0.25, -0.2) is 8.78 Å². The number of hydrogen-bond donors (Lipinski definition) is 1. The molecule has 0 amide bonds. The Morgan fingerprint density at radius 1 is 1.12 bits per heavy atom. The number of rotatable bonds is 1. The van der Waals surface area contributed by atoms with Crippen LogP contribution in [0.5, 0.6) is 0 Å². The number of nitrogens with one attached hydrogen (secondary N) is 1. The van der Waals surface area contributed by atoms with Crippen molar-refractivity contribution in [3.05, 3.63) is 57.9 Å². The highest BCUT2D eigenvalue weighted by Crippen LogP contribution is 2.18. The van der Waals surface area contributed by atoms with E-state index >= 15 is 0 Å². The lowest BCUT2D eigenvalue weighted by Gasteiger charge is -2.02. The van der Waals surface area contributed by atoms with E-state index in [2.05, 4.69) is 4.98 Å². The highest BCUT2D eigenvalue weighted by atomic mass is 19.2. The van der Waals surface area contributed by atoms with Gasteiger partial charge in [0, 0.05) is 11.3 Å². The summed E-state index contributed by atoms with van der Waals surface area (Å²) in [7, 11) is 0. The predicted octanol–water partition coefficient (Wildman–Crippen LogP) is 2.19. The molecule has 17 heavy (non-hydrogen) atoms. The Balaban J connectivity index is 2.54. The number of aromatic nitrogens is 1. The Morgan fingerprint density at radius 3 is 2.47 bits per heavy atom. The Hall–Kier alpha value is -2.48. The quantitative estimate of drug-likeness (QED) is 0.819. The first kappa shape index (κ1) is 11.0. The van der Waals surface area contributed by atoms with Crippen LogP contribution in [-0.4, -0.2) is 4.98 Å². The standard InChI is InChI=1S/C12H6F2N2O/c13-9-3-1-7(5-10(9)14)11-4-2-8(6-15)12(17)16-11/h1-5H,(H,16,17). The Labute approximate surface area is 95.0 Å². The zero-order chi connectivity index (χ0) is 12.4. The molecule has 2 aromatic rings. The van der Waals surface area contributed by atoms with Gasteiger partial charge in [-0.15, -0.1) is 0 Å². The number of pyridine rings is 1. The topological polar surface area (TPSA) is 56.6 Å². The zero-order valence-corrected chi connectivity index (χ0v) is 8.50. The number of nitrogens with zero attached hydrogens (tertiary/aromatic N) is 1. The first-order chi connectivity index (χ1) is 8.11. The molecule has 1 N–H and O–H groups in total. The lowest BCUT2D eigenvalue weighted by Crippen LogP contribution is -2.10. The minimum Gasteiger partial charge on any atom is -0.321 e. The summed E-state index contributed by atoms with van der Waals surface area (Å²) < 4.78 is 25.7. The van der Waals surface area contributed by atoms with Crippen molar-refractivity contribution in [2.45, 2.75) is 0 Å². The second kappa shape index (κ2) is 4.18. The number of benzene rings is 1. The van der Waals surface area contributed by atoms with E-state index in [1.54, 1.807) is 6.07 Å². The zero-order valence-electron chi connectivity index (χ0n) is 8.50. The first-order valence-electron chi connectivity index (χ1n) is 4.70. The third-order valence-corrected chi connectivity index (χ3v) is 2.26. The summed E-state index contributed by atoms with van der Waals surface area (Å²) in [5, 5.41) is 8.58. The summed E-state index contributed by atoms with van der Waals surface area (Å²) in [6, 6.07) is 7.81. The molecule has 0 atom stereocenters. The van der Waals surface area contributed by atoms with Gasteiger partial charge in [-0.3, -0.25) is 4.79 Å². The van der Waals surface area contributed by atoms with Crippen LogP contribution in [0, 0.1) is 23.0 Å². The average Bonchev–Trinajstić information content (AvgIpc) is 2.32. The normalized spacial score (nSPS) is 9.94. The van der Waals surface area contributed by atoms with Gasteiger partial charge in [0.2, 0.25) is 0 Å². The second-order valence-electron chi connectivity index (χ2n) is 3.36. The molecule has 5 heteroatoms. The van der Waals surface area contributed by atoms with Gasteiger partial charge >= 0.3 is 0 Å². The molecular formula is C12H6F2N2O. The van der Waals surface area contributed by atoms with Crippen molar-refractivity contribution in [1.82, 2.24) is 4.98 Å². The largest absolute Gasteiger partial charge is 0.321 e. The summed E-state index contributed by atoms with van der Waals surface area (Å²) in [4.78, 5) is 13.8. The third kappa shape index (κ3) is 2.06. The minimum absolute atomic E-state index is 0.0312. The summed E-state index contributed by atoms with van der Waals surface area (Å²) in [5.74, 6) is -1.95. The van der Waals surface area contributed by atoms with Crippen LogP contribution in [0.4, 0.5) is 8.78 Å². The minimum atomic E-state index is -0.993. The number of halogens is 2. The van der Waals surface area contributed by atoms with Crippen LogP contribution < -0.4 is 5.56 Å². The highest BCUT2D eigenvalue weighted by Gasteiger charge is 2.06. The molecule has 84 valence electrons. The summed E-state index contributed by atoms with van der Waals surface area (Å²) in [6.45, 7) is 0. The van der Waals surface area contributed by atoms with Crippen LogP contribution in [0.25, 0.3) is 11.3 Å². The number of nitriles is 1. The molecule has 0 aliphatic carbocycles. The van der Waals surface area contributed by atoms with E-state index in [0.717, 1.165) is 12.1 Å². The Morgan fingerprint density at radius 2 is 1.88 bits per heavy atom. The summed E-state index contributed by atoms with van der Waals surface area (Å²) in [6.07, 6.45) is 0. The van der Waals surface area contributed by atoms with Crippen LogP contribution in [0.2, 0.25) is 0 Å². The number of aromatic amines is 1. The molecule has 0 saturated heterocycles. The van der Waals surface area contributed by atoms with Crippen molar-refractivity contribution >= 4 is 0 Å². The van der Waals surface area contributed by atoms with Crippen molar-refractivity contribution in [1.29, 1.82) is 5.26 Å². The molecule has 0 aliphatic heterocycles. The molecule has 3 nitrogen and oxygen atoms in total. The first-order valence-corrected chi connectivity index (χ1v) is 4.70. The molecule has 0 fully saturated rings. The second-order valence-corrected chi connectivity index (χ2v) is 3.36. The van der Waals surface area contributed by atoms with E-state index in [9.17, 15) is 13.6 Å². The summed E-state index contributed by atoms with van der Waals surface area (Å²) in [5.41, 5.74) is 0.0736. The fourth-order valence-electron chi connectivity index (χ4n) is 1.39. The van der Waals surface area contributed by atoms with Gasteiger partial charge in [-0.1, -0.05) is 0 Å². The molecule has 0 unspecified atom stereocenters. The fourth-order valence-corrected chi connectivity index (χ4v) is 1.39. The fraction of sp³-hybridized carbons (Fsp3) is 0. The molecule has 1 aromatic carbocycles.